The summed E-state index contributed by atoms with van der Waals surface area (Å²) in [4.78, 5) is 39.3. The summed E-state index contributed by atoms with van der Waals surface area (Å²) in [6.07, 6.45) is -0.257. The second kappa shape index (κ2) is 10.6. The van der Waals surface area contributed by atoms with E-state index in [-0.39, 0.29) is 24.3 Å². The number of aromatic amines is 1. The highest BCUT2D eigenvalue weighted by atomic mass is 19.1. The van der Waals surface area contributed by atoms with E-state index in [0.29, 0.717) is 16.8 Å². The summed E-state index contributed by atoms with van der Waals surface area (Å²) in [6, 6.07) is 9.03. The first-order valence-electron chi connectivity index (χ1n) is 10.4. The monoisotopic (exact) mass is 471 g/mol. The smallest absolute Gasteiger partial charge is 0.319 e. The van der Waals surface area contributed by atoms with Gasteiger partial charge in [-0.2, -0.15) is 0 Å². The van der Waals surface area contributed by atoms with Crippen LogP contribution in [0.3, 0.4) is 0 Å². The standard InChI is InChI=1S/C24H23F2N3O5/c1-3-34-21(31)12-19(28-24(33)29-22-20(30)9-13(2)27-23(22)32)15-6-4-5-14(10-15)17-8-7-16(25)11-18(17)26/h4-11,19H,3,12H2,1-2H3,(H2,27,30,32)(H2,28,29,33)/t19-/m0/s1. The number of amides is 2. The average molecular weight is 471 g/mol. The number of aryl methyl sites for hydroxylation is 1. The normalized spacial score (nSPS) is 11.5. The van der Waals surface area contributed by atoms with Crippen LogP contribution in [0, 0.1) is 18.6 Å². The molecule has 2 aromatic carbocycles. The molecule has 3 aromatic rings. The Kier molecular flexibility index (Phi) is 7.62. The summed E-state index contributed by atoms with van der Waals surface area (Å²) in [7, 11) is 0. The SMILES string of the molecule is CCOC(=O)C[C@H](NC(=O)Nc1c(O)cc(C)[nH]c1=O)c1cccc(-c2ccc(F)cc2F)c1. The molecule has 0 aliphatic heterocycles. The topological polar surface area (TPSA) is 121 Å². The molecular formula is C24H23F2N3O5. The molecule has 0 fully saturated rings. The Balaban J connectivity index is 1.90. The summed E-state index contributed by atoms with van der Waals surface area (Å²) in [5, 5.41) is 14.8. The molecule has 8 nitrogen and oxygen atoms in total. The van der Waals surface area contributed by atoms with Crippen molar-refractivity contribution in [1.29, 1.82) is 0 Å². The molecule has 4 N–H and O–H groups in total. The van der Waals surface area contributed by atoms with Gasteiger partial charge in [0.15, 0.2) is 5.69 Å². The Labute approximate surface area is 193 Å². The maximum absolute atomic E-state index is 14.3. The fourth-order valence-corrected chi connectivity index (χ4v) is 3.39. The molecule has 178 valence electrons. The molecular weight excluding hydrogens is 448 g/mol. The fraction of sp³-hybridized carbons (Fsp3) is 0.208. The van der Waals surface area contributed by atoms with Crippen LogP contribution in [0.5, 0.6) is 5.75 Å². The Morgan fingerprint density at radius 3 is 2.59 bits per heavy atom. The number of aromatic hydroxyl groups is 1. The van der Waals surface area contributed by atoms with E-state index >= 15 is 0 Å². The largest absolute Gasteiger partial charge is 0.505 e. The van der Waals surface area contributed by atoms with Crippen LogP contribution in [0.4, 0.5) is 19.3 Å². The minimum absolute atomic E-state index is 0.130. The molecule has 10 heteroatoms. The lowest BCUT2D eigenvalue weighted by molar-refractivity contribution is -0.143. The highest BCUT2D eigenvalue weighted by molar-refractivity contribution is 5.91. The molecule has 2 amide bonds. The van der Waals surface area contributed by atoms with Gasteiger partial charge in [-0.25, -0.2) is 13.6 Å². The Morgan fingerprint density at radius 1 is 1.15 bits per heavy atom. The summed E-state index contributed by atoms with van der Waals surface area (Å²) in [5.74, 6) is -2.50. The number of carbonyl (C=O) groups excluding carboxylic acids is 2. The molecule has 1 atom stereocenters. The minimum atomic E-state index is -0.922. The maximum atomic E-state index is 14.3. The minimum Gasteiger partial charge on any atom is -0.505 e. The molecule has 0 saturated carbocycles. The Morgan fingerprint density at radius 2 is 1.91 bits per heavy atom. The Bertz CT molecular complexity index is 1280. The lowest BCUT2D eigenvalue weighted by Crippen LogP contribution is -2.35. The second-order valence-electron chi connectivity index (χ2n) is 7.45. The number of urea groups is 1. The number of halogens is 2. The first-order valence-corrected chi connectivity index (χ1v) is 10.4. The summed E-state index contributed by atoms with van der Waals surface area (Å²) in [5.41, 5.74) is 0.311. The number of carbonyl (C=O) groups is 2. The zero-order valence-electron chi connectivity index (χ0n) is 18.4. The number of pyridine rings is 1. The number of hydrogen-bond donors (Lipinski definition) is 4. The van der Waals surface area contributed by atoms with E-state index in [2.05, 4.69) is 15.6 Å². The molecule has 0 bridgehead atoms. The number of anilines is 1. The van der Waals surface area contributed by atoms with Gasteiger partial charge in [0, 0.05) is 23.4 Å². The van der Waals surface area contributed by atoms with E-state index in [0.717, 1.165) is 12.1 Å². The summed E-state index contributed by atoms with van der Waals surface area (Å²) < 4.78 is 32.6. The molecule has 0 spiro atoms. The molecule has 0 saturated heterocycles. The number of rotatable bonds is 7. The van der Waals surface area contributed by atoms with Crippen molar-refractivity contribution in [2.45, 2.75) is 26.3 Å². The van der Waals surface area contributed by atoms with Gasteiger partial charge in [0.1, 0.15) is 17.4 Å². The number of benzene rings is 2. The molecule has 1 heterocycles. The zero-order valence-corrected chi connectivity index (χ0v) is 18.4. The predicted molar refractivity (Wildman–Crippen MR) is 121 cm³/mol. The number of ether oxygens (including phenoxy) is 1. The average Bonchev–Trinajstić information content (AvgIpc) is 2.76. The molecule has 0 aliphatic carbocycles. The maximum Gasteiger partial charge on any atom is 0.319 e. The van der Waals surface area contributed by atoms with Crippen molar-refractivity contribution in [3.05, 3.63) is 81.8 Å². The number of nitrogens with one attached hydrogen (secondary N) is 3. The second-order valence-corrected chi connectivity index (χ2v) is 7.45. The van der Waals surface area contributed by atoms with E-state index < -0.39 is 41.0 Å². The number of aromatic nitrogens is 1. The van der Waals surface area contributed by atoms with Crippen molar-refractivity contribution in [1.82, 2.24) is 10.3 Å². The van der Waals surface area contributed by atoms with Gasteiger partial charge in [0.2, 0.25) is 0 Å². The van der Waals surface area contributed by atoms with Crippen molar-refractivity contribution in [3.63, 3.8) is 0 Å². The van der Waals surface area contributed by atoms with Crippen LogP contribution in [0.25, 0.3) is 11.1 Å². The van der Waals surface area contributed by atoms with Gasteiger partial charge in [-0.05, 0) is 43.2 Å². The van der Waals surface area contributed by atoms with Gasteiger partial charge in [0.25, 0.3) is 5.56 Å². The van der Waals surface area contributed by atoms with Crippen LogP contribution in [-0.2, 0) is 9.53 Å². The van der Waals surface area contributed by atoms with Crippen LogP contribution in [0.2, 0.25) is 0 Å². The highest BCUT2D eigenvalue weighted by Gasteiger charge is 2.22. The van der Waals surface area contributed by atoms with E-state index in [1.807, 2.05) is 0 Å². The Hall–Kier alpha value is -4.21. The van der Waals surface area contributed by atoms with Crippen LogP contribution < -0.4 is 16.2 Å². The first-order chi connectivity index (χ1) is 16.2. The zero-order chi connectivity index (χ0) is 24.8. The number of esters is 1. The van der Waals surface area contributed by atoms with Gasteiger partial charge < -0.3 is 25.5 Å². The van der Waals surface area contributed by atoms with Crippen molar-refractivity contribution in [3.8, 4) is 16.9 Å². The number of hydrogen-bond acceptors (Lipinski definition) is 5. The molecule has 34 heavy (non-hydrogen) atoms. The van der Waals surface area contributed by atoms with Gasteiger partial charge in [-0.1, -0.05) is 18.2 Å². The van der Waals surface area contributed by atoms with E-state index in [1.165, 1.54) is 12.1 Å². The van der Waals surface area contributed by atoms with Gasteiger partial charge in [0.05, 0.1) is 19.1 Å². The predicted octanol–water partition coefficient (Wildman–Crippen LogP) is 4.15. The highest BCUT2D eigenvalue weighted by Crippen LogP contribution is 2.28. The molecule has 1 aromatic heterocycles. The molecule has 0 unspecified atom stereocenters. The third kappa shape index (κ3) is 5.97. The van der Waals surface area contributed by atoms with E-state index in [4.69, 9.17) is 4.74 Å². The fourth-order valence-electron chi connectivity index (χ4n) is 3.39. The van der Waals surface area contributed by atoms with Crippen LogP contribution >= 0.6 is 0 Å². The van der Waals surface area contributed by atoms with E-state index in [1.54, 1.807) is 38.1 Å². The quantitative estimate of drug-likeness (QED) is 0.386. The van der Waals surface area contributed by atoms with Gasteiger partial charge >= 0.3 is 12.0 Å². The lowest BCUT2D eigenvalue weighted by atomic mass is 9.97. The van der Waals surface area contributed by atoms with Crippen LogP contribution in [0.15, 0.2) is 53.3 Å². The molecule has 3 rings (SSSR count). The van der Waals surface area contributed by atoms with Crippen molar-refractivity contribution in [2.24, 2.45) is 0 Å². The third-order valence-electron chi connectivity index (χ3n) is 4.90. The first kappa shape index (κ1) is 24.4. The van der Waals surface area contributed by atoms with Crippen molar-refractivity contribution >= 4 is 17.7 Å². The third-order valence-corrected chi connectivity index (χ3v) is 4.90. The molecule has 0 aliphatic rings. The lowest BCUT2D eigenvalue weighted by Gasteiger charge is -2.20. The van der Waals surface area contributed by atoms with Crippen molar-refractivity contribution in [2.75, 3.05) is 11.9 Å². The summed E-state index contributed by atoms with van der Waals surface area (Å²) >= 11 is 0. The van der Waals surface area contributed by atoms with Crippen LogP contribution in [-0.4, -0.2) is 28.7 Å². The summed E-state index contributed by atoms with van der Waals surface area (Å²) in [6.45, 7) is 3.33. The molecule has 0 radical (unpaired) electrons. The van der Waals surface area contributed by atoms with Crippen LogP contribution in [0.1, 0.15) is 30.6 Å². The van der Waals surface area contributed by atoms with Gasteiger partial charge in [-0.3, -0.25) is 9.59 Å². The van der Waals surface area contributed by atoms with E-state index in [9.17, 15) is 28.3 Å². The van der Waals surface area contributed by atoms with Crippen molar-refractivity contribution < 1.29 is 28.2 Å². The van der Waals surface area contributed by atoms with Gasteiger partial charge in [-0.15, -0.1) is 0 Å². The number of H-pyrrole nitrogens is 1.